The molecule has 0 bridgehead atoms. The Balaban J connectivity index is 2.50. The Labute approximate surface area is 103 Å². The second-order valence-electron chi connectivity index (χ2n) is 5.04. The van der Waals surface area contributed by atoms with E-state index in [-0.39, 0.29) is 5.91 Å². The van der Waals surface area contributed by atoms with Gasteiger partial charge >= 0.3 is 0 Å². The quantitative estimate of drug-likeness (QED) is 0.528. The van der Waals surface area contributed by atoms with Crippen LogP contribution in [-0.4, -0.2) is 35.5 Å². The van der Waals surface area contributed by atoms with Gasteiger partial charge in [0, 0.05) is 6.42 Å². The first-order chi connectivity index (χ1) is 8.03. The van der Waals surface area contributed by atoms with Gasteiger partial charge in [0.2, 0.25) is 5.91 Å². The highest BCUT2D eigenvalue weighted by atomic mass is 16.5. The first-order valence-electron chi connectivity index (χ1n) is 6.44. The summed E-state index contributed by atoms with van der Waals surface area (Å²) in [5.41, 5.74) is -0.645. The second kappa shape index (κ2) is 6.15. The number of hydrogen-bond donors (Lipinski definition) is 0. The van der Waals surface area contributed by atoms with Gasteiger partial charge in [-0.15, -0.1) is 0 Å². The van der Waals surface area contributed by atoms with Crippen molar-refractivity contribution in [1.29, 1.82) is 0 Å². The van der Waals surface area contributed by atoms with Crippen LogP contribution in [0.3, 0.4) is 0 Å². The fraction of sp³-hybridized carbons (Fsp3) is 0.846. The number of rotatable bonds is 6. The molecule has 0 aromatic rings. The predicted octanol–water partition coefficient (Wildman–Crippen LogP) is 2.12. The molecule has 1 saturated heterocycles. The minimum atomic E-state index is -0.645. The molecular weight excluding hydrogens is 218 g/mol. The maximum atomic E-state index is 12.1. The van der Waals surface area contributed by atoms with Crippen LogP contribution >= 0.6 is 0 Å². The molecule has 0 saturated carbocycles. The molecule has 1 aliphatic rings. The van der Waals surface area contributed by atoms with Crippen LogP contribution in [0, 0.1) is 0 Å². The molecule has 1 rings (SSSR count). The number of ether oxygens (including phenoxy) is 1. The van der Waals surface area contributed by atoms with E-state index in [2.05, 4.69) is 6.92 Å². The summed E-state index contributed by atoms with van der Waals surface area (Å²) in [7, 11) is 0. The van der Waals surface area contributed by atoms with Gasteiger partial charge in [-0.2, -0.15) is 0 Å². The molecule has 1 fully saturated rings. The maximum Gasteiger partial charge on any atom is 0.225 e. The summed E-state index contributed by atoms with van der Waals surface area (Å²) in [6, 6.07) is -0.413. The molecule has 0 aliphatic carbocycles. The second-order valence-corrected chi connectivity index (χ2v) is 5.04. The third-order valence-electron chi connectivity index (χ3n) is 3.19. The van der Waals surface area contributed by atoms with Gasteiger partial charge in [0.15, 0.2) is 0 Å². The Bertz CT molecular complexity index is 276. The molecule has 0 unspecified atom stereocenters. The van der Waals surface area contributed by atoms with Gasteiger partial charge in [-0.25, -0.2) is 0 Å². The Kier molecular flexibility index (Phi) is 5.12. The third kappa shape index (κ3) is 3.53. The normalized spacial score (nSPS) is 22.8. The number of carbonyl (C=O) groups excluding carboxylic acids is 2. The van der Waals surface area contributed by atoms with Crippen molar-refractivity contribution in [3.63, 3.8) is 0 Å². The number of unbranched alkanes of at least 4 members (excludes halogenated alkanes) is 3. The molecule has 0 radical (unpaired) electrons. The van der Waals surface area contributed by atoms with Crippen LogP contribution in [0.2, 0.25) is 0 Å². The SMILES string of the molecule is CCCCCCC(=O)N1[C@H](C=O)COC1(C)C. The number of aldehydes is 1. The topological polar surface area (TPSA) is 46.6 Å². The highest BCUT2D eigenvalue weighted by Crippen LogP contribution is 2.27. The predicted molar refractivity (Wildman–Crippen MR) is 65.5 cm³/mol. The summed E-state index contributed by atoms with van der Waals surface area (Å²) in [5.74, 6) is 0.0284. The average Bonchev–Trinajstić information content (AvgIpc) is 2.59. The van der Waals surface area contributed by atoms with Crippen LogP contribution in [-0.2, 0) is 14.3 Å². The van der Waals surface area contributed by atoms with Crippen molar-refractivity contribution in [2.45, 2.75) is 64.6 Å². The van der Waals surface area contributed by atoms with Gasteiger partial charge in [0.25, 0.3) is 0 Å². The summed E-state index contributed by atoms with van der Waals surface area (Å²) in [6.07, 6.45) is 5.59. The fourth-order valence-corrected chi connectivity index (χ4v) is 2.24. The standard InChI is InChI=1S/C13H23NO3/c1-4-5-6-7-8-12(16)14-11(9-15)10-17-13(14,2)3/h9,11H,4-8,10H2,1-3H3/t11-/m1/s1. The van der Waals surface area contributed by atoms with Gasteiger partial charge in [-0.1, -0.05) is 26.2 Å². The summed E-state index contributed by atoms with van der Waals surface area (Å²) >= 11 is 0. The lowest BCUT2D eigenvalue weighted by atomic mass is 10.1. The Morgan fingerprint density at radius 2 is 2.12 bits per heavy atom. The molecule has 1 heterocycles. The Morgan fingerprint density at radius 1 is 1.41 bits per heavy atom. The van der Waals surface area contributed by atoms with Gasteiger partial charge in [-0.05, 0) is 20.3 Å². The number of hydrogen-bond acceptors (Lipinski definition) is 3. The molecule has 0 aromatic carbocycles. The summed E-state index contributed by atoms with van der Waals surface area (Å²) in [4.78, 5) is 24.6. The Hall–Kier alpha value is -0.900. The monoisotopic (exact) mass is 241 g/mol. The van der Waals surface area contributed by atoms with Crippen molar-refractivity contribution >= 4 is 12.2 Å². The van der Waals surface area contributed by atoms with E-state index in [0.717, 1.165) is 32.0 Å². The minimum absolute atomic E-state index is 0.0284. The lowest BCUT2D eigenvalue weighted by Crippen LogP contribution is -2.48. The molecule has 17 heavy (non-hydrogen) atoms. The zero-order valence-corrected chi connectivity index (χ0v) is 11.1. The molecule has 0 N–H and O–H groups in total. The molecule has 1 amide bonds. The van der Waals surface area contributed by atoms with Crippen LogP contribution in [0.15, 0.2) is 0 Å². The van der Waals surface area contributed by atoms with Crippen LogP contribution in [0.4, 0.5) is 0 Å². The van der Waals surface area contributed by atoms with Crippen LogP contribution in [0.1, 0.15) is 52.9 Å². The molecule has 4 heteroatoms. The fourth-order valence-electron chi connectivity index (χ4n) is 2.24. The van der Waals surface area contributed by atoms with Gasteiger partial charge in [-0.3, -0.25) is 4.79 Å². The number of nitrogens with zero attached hydrogens (tertiary/aromatic N) is 1. The lowest BCUT2D eigenvalue weighted by molar-refractivity contribution is -0.147. The molecule has 0 spiro atoms. The van der Waals surface area contributed by atoms with Crippen molar-refractivity contribution < 1.29 is 14.3 Å². The van der Waals surface area contributed by atoms with Crippen molar-refractivity contribution in [2.24, 2.45) is 0 Å². The molecule has 0 aromatic heterocycles. The van der Waals surface area contributed by atoms with E-state index in [4.69, 9.17) is 4.74 Å². The summed E-state index contributed by atoms with van der Waals surface area (Å²) in [5, 5.41) is 0. The first-order valence-corrected chi connectivity index (χ1v) is 6.44. The molecule has 4 nitrogen and oxygen atoms in total. The van der Waals surface area contributed by atoms with Crippen molar-refractivity contribution in [2.75, 3.05) is 6.61 Å². The van der Waals surface area contributed by atoms with Gasteiger partial charge in [0.1, 0.15) is 18.1 Å². The van der Waals surface area contributed by atoms with Crippen molar-refractivity contribution in [3.8, 4) is 0 Å². The molecular formula is C13H23NO3. The number of amides is 1. The first kappa shape index (κ1) is 14.2. The van der Waals surface area contributed by atoms with Crippen molar-refractivity contribution in [1.82, 2.24) is 4.90 Å². The van der Waals surface area contributed by atoms with Gasteiger partial charge in [0.05, 0.1) is 6.61 Å². The van der Waals surface area contributed by atoms with Crippen LogP contribution < -0.4 is 0 Å². The lowest BCUT2D eigenvalue weighted by Gasteiger charge is -2.32. The maximum absolute atomic E-state index is 12.1. The van der Waals surface area contributed by atoms with E-state index < -0.39 is 11.8 Å². The van der Waals surface area contributed by atoms with E-state index in [9.17, 15) is 9.59 Å². The summed E-state index contributed by atoms with van der Waals surface area (Å²) in [6.45, 7) is 6.12. The van der Waals surface area contributed by atoms with Gasteiger partial charge < -0.3 is 14.4 Å². The van der Waals surface area contributed by atoms with E-state index >= 15 is 0 Å². The highest BCUT2D eigenvalue weighted by Gasteiger charge is 2.43. The third-order valence-corrected chi connectivity index (χ3v) is 3.19. The minimum Gasteiger partial charge on any atom is -0.354 e. The highest BCUT2D eigenvalue weighted by molar-refractivity contribution is 5.81. The van der Waals surface area contributed by atoms with Crippen LogP contribution in [0.25, 0.3) is 0 Å². The summed E-state index contributed by atoms with van der Waals surface area (Å²) < 4.78 is 5.48. The van der Waals surface area contributed by atoms with Crippen LogP contribution in [0.5, 0.6) is 0 Å². The molecule has 1 aliphatic heterocycles. The zero-order chi connectivity index (χ0) is 12.9. The van der Waals surface area contributed by atoms with E-state index in [1.165, 1.54) is 0 Å². The van der Waals surface area contributed by atoms with E-state index in [0.29, 0.717) is 13.0 Å². The van der Waals surface area contributed by atoms with E-state index in [1.807, 2.05) is 13.8 Å². The van der Waals surface area contributed by atoms with Crippen molar-refractivity contribution in [3.05, 3.63) is 0 Å². The van der Waals surface area contributed by atoms with E-state index in [1.54, 1.807) is 4.90 Å². The average molecular weight is 241 g/mol. The zero-order valence-electron chi connectivity index (χ0n) is 11.1. The molecule has 98 valence electrons. The largest absolute Gasteiger partial charge is 0.354 e. The number of carbonyl (C=O) groups is 2. The molecule has 1 atom stereocenters. The smallest absolute Gasteiger partial charge is 0.225 e. The Morgan fingerprint density at radius 3 is 2.71 bits per heavy atom.